The molecule has 2 saturated heterocycles. The Morgan fingerprint density at radius 3 is 1.85 bits per heavy atom. The molecule has 1 saturated carbocycles. The van der Waals surface area contributed by atoms with Crippen LogP contribution in [0.25, 0.3) is 33.3 Å². The van der Waals surface area contributed by atoms with E-state index in [1.165, 1.54) is 14.2 Å². The van der Waals surface area contributed by atoms with Crippen molar-refractivity contribution in [2.75, 3.05) is 27.3 Å². The van der Waals surface area contributed by atoms with Crippen LogP contribution in [0.2, 0.25) is 0 Å². The van der Waals surface area contributed by atoms with Gasteiger partial charge in [-0.1, -0.05) is 40.7 Å². The van der Waals surface area contributed by atoms with Crippen LogP contribution in [0, 0.1) is 17.7 Å². The van der Waals surface area contributed by atoms with Crippen LogP contribution in [0.3, 0.4) is 0 Å². The molecule has 0 spiro atoms. The highest BCUT2D eigenvalue weighted by Gasteiger charge is 2.44. The Balaban J connectivity index is 0.00000217. The second-order valence-corrected chi connectivity index (χ2v) is 21.2. The highest BCUT2D eigenvalue weighted by atomic mass is 32.1. The minimum atomic E-state index is -0.743. The second-order valence-electron chi connectivity index (χ2n) is 20.1. The van der Waals surface area contributed by atoms with Crippen LogP contribution in [-0.4, -0.2) is 106 Å². The molecular weight excluding hydrogens is 1030 g/mol. The van der Waals surface area contributed by atoms with E-state index in [9.17, 15) is 19.2 Å². The van der Waals surface area contributed by atoms with Gasteiger partial charge in [0.25, 0.3) is 0 Å². The summed E-state index contributed by atoms with van der Waals surface area (Å²) in [6, 6.07) is 9.88. The van der Waals surface area contributed by atoms with Crippen molar-refractivity contribution in [2.45, 2.75) is 122 Å². The highest BCUT2D eigenvalue weighted by molar-refractivity contribution is 7.59. The highest BCUT2D eigenvalue weighted by Crippen LogP contribution is 2.52. The Bertz CT molecular complexity index is 2910. The summed E-state index contributed by atoms with van der Waals surface area (Å²) in [4.78, 5) is 71.2. The van der Waals surface area contributed by atoms with E-state index in [0.29, 0.717) is 48.5 Å². The van der Waals surface area contributed by atoms with Crippen molar-refractivity contribution in [3.05, 3.63) is 81.8 Å². The van der Waals surface area contributed by atoms with Crippen molar-refractivity contribution in [2.24, 2.45) is 21.8 Å². The fraction of sp³-hybridized carbons (Fsp3) is 0.481. The number of benzene rings is 2. The van der Waals surface area contributed by atoms with Crippen molar-refractivity contribution in [3.8, 4) is 17.0 Å². The molecule has 1 unspecified atom stereocenters. The maximum Gasteiger partial charge on any atom is 0.407 e. The largest absolute Gasteiger partial charge is 0.464 e. The van der Waals surface area contributed by atoms with Gasteiger partial charge in [-0.3, -0.25) is 24.1 Å². The number of carbonyl (C=O) groups excluding carboxylic acids is 4. The fourth-order valence-corrected chi connectivity index (χ4v) is 11.7. The van der Waals surface area contributed by atoms with Crippen LogP contribution in [-0.2, 0) is 24.5 Å². The van der Waals surface area contributed by atoms with Gasteiger partial charge in [-0.2, -0.15) is 54.0 Å². The zero-order valence-corrected chi connectivity index (χ0v) is 47.0. The molecule has 10 rings (SSSR count). The van der Waals surface area contributed by atoms with E-state index in [0.717, 1.165) is 87.4 Å². The number of nitrogens with one attached hydrogen (secondary N) is 2. The molecule has 3 fully saturated rings. The molecule has 4 amide bonds. The molecule has 1 aliphatic carbocycles. The Morgan fingerprint density at radius 2 is 1.33 bits per heavy atom. The van der Waals surface area contributed by atoms with Gasteiger partial charge in [0.1, 0.15) is 23.7 Å². The summed E-state index contributed by atoms with van der Waals surface area (Å²) in [6.07, 6.45) is 10.0. The van der Waals surface area contributed by atoms with E-state index >= 15 is 4.39 Å². The number of aliphatic imine (C=N–C) groups is 2. The molecule has 73 heavy (non-hydrogen) atoms. The van der Waals surface area contributed by atoms with Crippen LogP contribution in [0.5, 0.6) is 5.75 Å². The van der Waals surface area contributed by atoms with Gasteiger partial charge in [0.2, 0.25) is 18.0 Å². The van der Waals surface area contributed by atoms with E-state index in [1.54, 1.807) is 23.6 Å². The molecule has 2 aromatic heterocycles. The third kappa shape index (κ3) is 10.8. The van der Waals surface area contributed by atoms with Gasteiger partial charge >= 0.3 is 12.2 Å². The number of halogens is 1. The Morgan fingerprint density at radius 1 is 0.781 bits per heavy atom. The number of fused-ring (bicyclic) bond motifs is 5. The Kier molecular flexibility index (Phi) is 18.0. The number of rotatable bonds is 12. The SMILES string of the molecule is COC(=O)N[C@H](C(=O)N1CCC[C@H]1C1=NC=C(c2cc(F)c3c(c2)OC(c2cnc(C4(C)CC4)s2)n2c-3cc3cc(C4=CN=C([C@@H]5CCCN5C(=O)[C@@H](NC(=O)OC)C(C)C)C4)ccc32)C1)C(C)C.S.S.S.S. The molecule has 394 valence electrons. The number of hydrogen-bond acceptors (Lipinski definition) is 11. The first kappa shape index (κ1) is 57.3. The normalized spacial score (nSPS) is 20.9. The number of thiazole rings is 1. The maximum absolute atomic E-state index is 17.0. The number of likely N-dealkylation sites (tertiary alicyclic amines) is 2. The predicted molar refractivity (Wildman–Crippen MR) is 304 cm³/mol. The van der Waals surface area contributed by atoms with Gasteiger partial charge in [0.15, 0.2) is 0 Å². The zero-order valence-electron chi connectivity index (χ0n) is 42.1. The molecule has 15 nitrogen and oxygen atoms in total. The average Bonchev–Trinajstić information content (AvgIpc) is 4.12. The third-order valence-electron chi connectivity index (χ3n) is 14.8. The lowest BCUT2D eigenvalue weighted by Gasteiger charge is -2.31. The first-order chi connectivity index (χ1) is 33.2. The molecule has 7 heterocycles. The zero-order chi connectivity index (χ0) is 48.5. The van der Waals surface area contributed by atoms with Crippen molar-refractivity contribution < 1.29 is 37.8 Å². The smallest absolute Gasteiger partial charge is 0.407 e. The van der Waals surface area contributed by atoms with Crippen molar-refractivity contribution in [3.63, 3.8) is 0 Å². The van der Waals surface area contributed by atoms with Crippen molar-refractivity contribution >= 4 is 123 Å². The lowest BCUT2D eigenvalue weighted by Crippen LogP contribution is -2.53. The van der Waals surface area contributed by atoms with Gasteiger partial charge in [0, 0.05) is 66.8 Å². The number of alkyl carbamates (subject to hydrolysis) is 2. The number of allylic oxidation sites excluding steroid dienone is 2. The van der Waals surface area contributed by atoms with E-state index in [-0.39, 0.29) is 95.1 Å². The third-order valence-corrected chi connectivity index (χ3v) is 16.1. The Labute approximate surface area is 457 Å². The minimum Gasteiger partial charge on any atom is -0.464 e. The van der Waals surface area contributed by atoms with Crippen LogP contribution in [0.15, 0.2) is 65.0 Å². The van der Waals surface area contributed by atoms with Crippen LogP contribution < -0.4 is 15.4 Å². The van der Waals surface area contributed by atoms with Gasteiger partial charge in [0.05, 0.1) is 53.0 Å². The first-order valence-corrected chi connectivity index (χ1v) is 24.9. The van der Waals surface area contributed by atoms with Gasteiger partial charge in [-0.05, 0) is 103 Å². The number of aromatic nitrogens is 2. The number of hydrogen-bond donors (Lipinski definition) is 2. The van der Waals surface area contributed by atoms with Gasteiger partial charge in [-0.15, -0.1) is 11.3 Å². The van der Waals surface area contributed by atoms with E-state index in [1.807, 2.05) is 62.0 Å². The average molecular weight is 1100 g/mol. The lowest BCUT2D eigenvalue weighted by atomic mass is 9.95. The predicted octanol–water partition coefficient (Wildman–Crippen LogP) is 9.46. The van der Waals surface area contributed by atoms with Gasteiger partial charge < -0.3 is 34.6 Å². The molecule has 21 heteroatoms. The second kappa shape index (κ2) is 22.9. The van der Waals surface area contributed by atoms with Gasteiger partial charge in [-0.25, -0.2) is 19.0 Å². The number of ether oxygens (including phenoxy) is 3. The number of nitrogens with zero attached hydrogens (tertiary/aromatic N) is 6. The van der Waals surface area contributed by atoms with Crippen molar-refractivity contribution in [1.29, 1.82) is 0 Å². The van der Waals surface area contributed by atoms with E-state index in [4.69, 9.17) is 29.2 Å². The summed E-state index contributed by atoms with van der Waals surface area (Å²) < 4.78 is 35.6. The standard InChI is InChI=1S/C52H59FN8O7S.4H2S/c1-27(2)44(57-50(64)66-6)46(62)59-16-8-10-38(59)35-20-32(24-54-35)29-12-13-37-31(18-29)22-40-43-34(53)19-30(23-41(43)68-48(61(37)40)42-26-56-49(69-42)52(5)14-15-52)33-21-36(55-25-33)39-11-9-17-60(39)47(63)45(28(3)4)58-51(65)67-7;;;;/h12-13,18-19,22-28,38-39,44-45,48H,8-11,14-17,20-21H2,1-7H3,(H,57,64)(H,58,65);4*1H2/t38-,39-,44-,45-,48?;;;;/m0..../s1. The number of methoxy groups -OCH3 is 2. The molecule has 0 bridgehead atoms. The monoisotopic (exact) mass is 1090 g/mol. The lowest BCUT2D eigenvalue weighted by molar-refractivity contribution is -0.134. The molecule has 6 aliphatic rings. The summed E-state index contributed by atoms with van der Waals surface area (Å²) in [5.74, 6) is -0.597. The Hall–Kier alpha value is -4.96. The topological polar surface area (TPSA) is 169 Å². The molecule has 2 N–H and O–H groups in total. The maximum atomic E-state index is 17.0. The van der Waals surface area contributed by atoms with Crippen LogP contribution >= 0.6 is 65.3 Å². The number of amides is 4. The van der Waals surface area contributed by atoms with Crippen molar-refractivity contribution in [1.82, 2.24) is 30.0 Å². The molecule has 0 radical (unpaired) electrons. The molecular formula is C52H67FN8O7S5. The van der Waals surface area contributed by atoms with E-state index < -0.39 is 36.3 Å². The van der Waals surface area contributed by atoms with Crippen LogP contribution in [0.1, 0.15) is 113 Å². The fourth-order valence-electron chi connectivity index (χ4n) is 10.6. The van der Waals surface area contributed by atoms with E-state index in [2.05, 4.69) is 40.3 Å². The summed E-state index contributed by atoms with van der Waals surface area (Å²) in [5.41, 5.74) is 7.22. The quantitative estimate of drug-likeness (QED) is 0.141. The molecule has 4 aromatic rings. The summed E-state index contributed by atoms with van der Waals surface area (Å²) >= 11 is 1.64. The first-order valence-electron chi connectivity index (χ1n) is 24.1. The summed E-state index contributed by atoms with van der Waals surface area (Å²) in [5, 5.41) is 7.43. The van der Waals surface area contributed by atoms with Crippen LogP contribution in [0.4, 0.5) is 14.0 Å². The molecule has 2 aromatic carbocycles. The summed E-state index contributed by atoms with van der Waals surface area (Å²) in [6.45, 7) is 11.0. The minimum absolute atomic E-state index is 0. The molecule has 5 aliphatic heterocycles. The summed E-state index contributed by atoms with van der Waals surface area (Å²) in [7, 11) is 2.57. The number of carbonyl (C=O) groups is 4. The molecule has 5 atom stereocenters.